The zero-order valence-electron chi connectivity index (χ0n) is 9.59. The Labute approximate surface area is 91.5 Å². The molecule has 0 aliphatic carbocycles. The van der Waals surface area contributed by atoms with Crippen molar-refractivity contribution in [1.82, 2.24) is 0 Å². The van der Waals surface area contributed by atoms with Crippen LogP contribution < -0.4 is 5.73 Å². The van der Waals surface area contributed by atoms with E-state index >= 15 is 0 Å². The summed E-state index contributed by atoms with van der Waals surface area (Å²) >= 11 is 0. The minimum atomic E-state index is -0.151. The van der Waals surface area contributed by atoms with E-state index in [2.05, 4.69) is 13.8 Å². The van der Waals surface area contributed by atoms with Gasteiger partial charge in [-0.25, -0.2) is 4.39 Å². The molecular formula is C13H20FN. The molecule has 0 aromatic heterocycles. The molecular weight excluding hydrogens is 189 g/mol. The monoisotopic (exact) mass is 209 g/mol. The van der Waals surface area contributed by atoms with Crippen LogP contribution in [0.2, 0.25) is 0 Å². The standard InChI is InChI=1S/C13H20FN/c1-3-5-10(6-4-2)12-8-7-11(15)9-13(12)14/h7-10H,3-6,15H2,1-2H3. The number of nitrogens with two attached hydrogens (primary N) is 1. The first-order chi connectivity index (χ1) is 7.19. The van der Waals surface area contributed by atoms with Crippen molar-refractivity contribution in [3.63, 3.8) is 0 Å². The van der Waals surface area contributed by atoms with Crippen LogP contribution in [-0.4, -0.2) is 0 Å². The zero-order valence-corrected chi connectivity index (χ0v) is 9.59. The molecule has 0 unspecified atom stereocenters. The highest BCUT2D eigenvalue weighted by molar-refractivity contribution is 5.41. The molecule has 84 valence electrons. The van der Waals surface area contributed by atoms with Gasteiger partial charge in [-0.3, -0.25) is 0 Å². The Hall–Kier alpha value is -1.05. The third kappa shape index (κ3) is 3.22. The lowest BCUT2D eigenvalue weighted by molar-refractivity contribution is 0.520. The molecule has 0 saturated heterocycles. The van der Waals surface area contributed by atoms with E-state index in [0.717, 1.165) is 31.2 Å². The van der Waals surface area contributed by atoms with E-state index in [0.29, 0.717) is 11.6 Å². The third-order valence-corrected chi connectivity index (χ3v) is 2.74. The number of hydrogen-bond donors (Lipinski definition) is 1. The van der Waals surface area contributed by atoms with Crippen LogP contribution in [0.25, 0.3) is 0 Å². The Bertz CT molecular complexity index is 303. The summed E-state index contributed by atoms with van der Waals surface area (Å²) in [7, 11) is 0. The first kappa shape index (κ1) is 12.0. The molecule has 0 aliphatic rings. The van der Waals surface area contributed by atoms with Gasteiger partial charge in [0.1, 0.15) is 5.82 Å². The van der Waals surface area contributed by atoms with Crippen LogP contribution in [-0.2, 0) is 0 Å². The lowest BCUT2D eigenvalue weighted by Crippen LogP contribution is -2.02. The molecule has 0 atom stereocenters. The van der Waals surface area contributed by atoms with Crippen molar-refractivity contribution in [2.75, 3.05) is 5.73 Å². The zero-order chi connectivity index (χ0) is 11.3. The predicted octanol–water partition coefficient (Wildman–Crippen LogP) is 4.09. The molecule has 1 nitrogen and oxygen atoms in total. The van der Waals surface area contributed by atoms with E-state index in [1.165, 1.54) is 6.07 Å². The fourth-order valence-corrected chi connectivity index (χ4v) is 2.03. The average molecular weight is 209 g/mol. The molecule has 1 aromatic carbocycles. The van der Waals surface area contributed by atoms with Gasteiger partial charge in [-0.15, -0.1) is 0 Å². The molecule has 0 amide bonds. The van der Waals surface area contributed by atoms with E-state index in [4.69, 9.17) is 5.73 Å². The van der Waals surface area contributed by atoms with Crippen molar-refractivity contribution in [3.8, 4) is 0 Å². The minimum Gasteiger partial charge on any atom is -0.399 e. The highest BCUT2D eigenvalue weighted by Gasteiger charge is 2.13. The Morgan fingerprint density at radius 3 is 2.27 bits per heavy atom. The fraction of sp³-hybridized carbons (Fsp3) is 0.538. The lowest BCUT2D eigenvalue weighted by Gasteiger charge is -2.16. The summed E-state index contributed by atoms with van der Waals surface area (Å²) in [4.78, 5) is 0. The van der Waals surface area contributed by atoms with Crippen molar-refractivity contribution in [3.05, 3.63) is 29.6 Å². The molecule has 1 rings (SSSR count). The van der Waals surface area contributed by atoms with Gasteiger partial charge in [0.25, 0.3) is 0 Å². The van der Waals surface area contributed by atoms with Crippen molar-refractivity contribution in [2.24, 2.45) is 0 Å². The molecule has 0 heterocycles. The van der Waals surface area contributed by atoms with Gasteiger partial charge in [-0.05, 0) is 36.5 Å². The normalized spacial score (nSPS) is 10.9. The summed E-state index contributed by atoms with van der Waals surface area (Å²) in [5, 5.41) is 0. The summed E-state index contributed by atoms with van der Waals surface area (Å²) in [6.07, 6.45) is 4.28. The minimum absolute atomic E-state index is 0.151. The van der Waals surface area contributed by atoms with Crippen LogP contribution in [0.5, 0.6) is 0 Å². The highest BCUT2D eigenvalue weighted by atomic mass is 19.1. The van der Waals surface area contributed by atoms with Gasteiger partial charge in [-0.2, -0.15) is 0 Å². The summed E-state index contributed by atoms with van der Waals surface area (Å²) in [5.74, 6) is 0.197. The number of anilines is 1. The van der Waals surface area contributed by atoms with Crippen molar-refractivity contribution < 1.29 is 4.39 Å². The summed E-state index contributed by atoms with van der Waals surface area (Å²) < 4.78 is 13.7. The first-order valence-corrected chi connectivity index (χ1v) is 5.74. The molecule has 0 aliphatic heterocycles. The second-order valence-corrected chi connectivity index (χ2v) is 4.06. The van der Waals surface area contributed by atoms with Gasteiger partial charge in [0.2, 0.25) is 0 Å². The highest BCUT2D eigenvalue weighted by Crippen LogP contribution is 2.29. The summed E-state index contributed by atoms with van der Waals surface area (Å²) in [6, 6.07) is 5.05. The average Bonchev–Trinajstić information content (AvgIpc) is 2.17. The van der Waals surface area contributed by atoms with Crippen LogP contribution >= 0.6 is 0 Å². The Balaban J connectivity index is 2.89. The fourth-order valence-electron chi connectivity index (χ4n) is 2.03. The number of halogens is 1. The van der Waals surface area contributed by atoms with Crippen molar-refractivity contribution in [1.29, 1.82) is 0 Å². The molecule has 2 N–H and O–H groups in total. The van der Waals surface area contributed by atoms with Crippen LogP contribution in [0, 0.1) is 5.82 Å². The Morgan fingerprint density at radius 2 is 1.80 bits per heavy atom. The van der Waals surface area contributed by atoms with Crippen LogP contribution in [0.4, 0.5) is 10.1 Å². The van der Waals surface area contributed by atoms with E-state index in [9.17, 15) is 4.39 Å². The molecule has 0 fully saturated rings. The predicted molar refractivity (Wildman–Crippen MR) is 63.4 cm³/mol. The number of hydrogen-bond acceptors (Lipinski definition) is 1. The second kappa shape index (κ2) is 5.74. The number of nitrogen functional groups attached to an aromatic ring is 1. The molecule has 0 radical (unpaired) electrons. The van der Waals surface area contributed by atoms with Gasteiger partial charge >= 0.3 is 0 Å². The summed E-state index contributed by atoms with van der Waals surface area (Å²) in [5.41, 5.74) is 6.87. The van der Waals surface area contributed by atoms with E-state index in [1.807, 2.05) is 6.07 Å². The molecule has 2 heteroatoms. The quantitative estimate of drug-likeness (QED) is 0.726. The number of benzene rings is 1. The van der Waals surface area contributed by atoms with Gasteiger partial charge in [0.05, 0.1) is 0 Å². The van der Waals surface area contributed by atoms with Gasteiger partial charge in [0, 0.05) is 5.69 Å². The van der Waals surface area contributed by atoms with E-state index in [-0.39, 0.29) is 5.82 Å². The molecule has 1 aromatic rings. The topological polar surface area (TPSA) is 26.0 Å². The Morgan fingerprint density at radius 1 is 1.20 bits per heavy atom. The molecule has 15 heavy (non-hydrogen) atoms. The van der Waals surface area contributed by atoms with Gasteiger partial charge < -0.3 is 5.73 Å². The molecule has 0 bridgehead atoms. The molecule has 0 spiro atoms. The number of rotatable bonds is 5. The second-order valence-electron chi connectivity index (χ2n) is 4.06. The first-order valence-electron chi connectivity index (χ1n) is 5.74. The third-order valence-electron chi connectivity index (χ3n) is 2.74. The van der Waals surface area contributed by atoms with Crippen molar-refractivity contribution in [2.45, 2.75) is 45.4 Å². The largest absolute Gasteiger partial charge is 0.399 e. The van der Waals surface area contributed by atoms with Crippen LogP contribution in [0.15, 0.2) is 18.2 Å². The maximum Gasteiger partial charge on any atom is 0.128 e. The maximum absolute atomic E-state index is 13.7. The summed E-state index contributed by atoms with van der Waals surface area (Å²) in [6.45, 7) is 4.27. The smallest absolute Gasteiger partial charge is 0.128 e. The van der Waals surface area contributed by atoms with Gasteiger partial charge in [0.15, 0.2) is 0 Å². The van der Waals surface area contributed by atoms with E-state index in [1.54, 1.807) is 6.07 Å². The van der Waals surface area contributed by atoms with E-state index < -0.39 is 0 Å². The lowest BCUT2D eigenvalue weighted by atomic mass is 9.90. The SMILES string of the molecule is CCCC(CCC)c1ccc(N)cc1F. The van der Waals surface area contributed by atoms with Crippen LogP contribution in [0.1, 0.15) is 51.0 Å². The maximum atomic E-state index is 13.7. The van der Waals surface area contributed by atoms with Crippen molar-refractivity contribution >= 4 is 5.69 Å². The molecule has 0 saturated carbocycles. The van der Waals surface area contributed by atoms with Crippen LogP contribution in [0.3, 0.4) is 0 Å². The van der Waals surface area contributed by atoms with Gasteiger partial charge in [-0.1, -0.05) is 32.8 Å². The Kier molecular flexibility index (Phi) is 4.60.